The van der Waals surface area contributed by atoms with Crippen LogP contribution in [-0.4, -0.2) is 13.2 Å². The zero-order valence-corrected chi connectivity index (χ0v) is 11.3. The van der Waals surface area contributed by atoms with Crippen molar-refractivity contribution >= 4 is 0 Å². The number of methoxy groups -OCH3 is 1. The molecule has 2 aliphatic rings. The Labute approximate surface area is 109 Å². The minimum atomic E-state index is 0.421. The predicted octanol–water partition coefficient (Wildman–Crippen LogP) is 3.83. The molecular weight excluding hydrogens is 224 g/mol. The Hall–Kier alpha value is -1.18. The van der Waals surface area contributed by atoms with Gasteiger partial charge in [-0.15, -0.1) is 0 Å². The van der Waals surface area contributed by atoms with Crippen LogP contribution in [0.4, 0.5) is 0 Å². The van der Waals surface area contributed by atoms with E-state index in [-0.39, 0.29) is 0 Å². The van der Waals surface area contributed by atoms with Gasteiger partial charge in [-0.05, 0) is 61.6 Å². The first-order chi connectivity index (χ1) is 8.80. The molecule has 3 rings (SSSR count). The van der Waals surface area contributed by atoms with Gasteiger partial charge in [0.25, 0.3) is 0 Å². The van der Waals surface area contributed by atoms with Gasteiger partial charge in [-0.25, -0.2) is 0 Å². The van der Waals surface area contributed by atoms with Gasteiger partial charge >= 0.3 is 0 Å². The van der Waals surface area contributed by atoms with Crippen LogP contribution >= 0.6 is 0 Å². The summed E-state index contributed by atoms with van der Waals surface area (Å²) in [5.74, 6) is 3.51. The van der Waals surface area contributed by atoms with Gasteiger partial charge < -0.3 is 9.47 Å². The highest BCUT2D eigenvalue weighted by Crippen LogP contribution is 2.46. The monoisotopic (exact) mass is 246 g/mol. The van der Waals surface area contributed by atoms with Gasteiger partial charge in [0, 0.05) is 0 Å². The van der Waals surface area contributed by atoms with Crippen molar-refractivity contribution in [1.29, 1.82) is 0 Å². The molecule has 18 heavy (non-hydrogen) atoms. The first-order valence-electron chi connectivity index (χ1n) is 7.13. The van der Waals surface area contributed by atoms with Gasteiger partial charge in [0.2, 0.25) is 0 Å². The van der Waals surface area contributed by atoms with Crippen molar-refractivity contribution in [2.24, 2.45) is 11.8 Å². The van der Waals surface area contributed by atoms with Gasteiger partial charge in [0.1, 0.15) is 6.10 Å². The normalized spacial score (nSPS) is 29.6. The van der Waals surface area contributed by atoms with Gasteiger partial charge in [-0.3, -0.25) is 0 Å². The number of aryl methyl sites for hydroxylation is 1. The highest BCUT2D eigenvalue weighted by molar-refractivity contribution is 5.43. The second-order valence-corrected chi connectivity index (χ2v) is 5.67. The maximum absolute atomic E-state index is 6.21. The fraction of sp³-hybridized carbons (Fsp3) is 0.625. The Morgan fingerprint density at radius 3 is 2.67 bits per heavy atom. The summed E-state index contributed by atoms with van der Waals surface area (Å²) in [7, 11) is 1.72. The number of benzene rings is 1. The third kappa shape index (κ3) is 2.09. The number of ether oxygens (including phenoxy) is 2. The van der Waals surface area contributed by atoms with Crippen LogP contribution < -0.4 is 9.47 Å². The lowest BCUT2D eigenvalue weighted by Crippen LogP contribution is -2.23. The van der Waals surface area contributed by atoms with Crippen molar-refractivity contribution in [3.8, 4) is 11.5 Å². The maximum atomic E-state index is 6.21. The lowest BCUT2D eigenvalue weighted by molar-refractivity contribution is 0.133. The summed E-state index contributed by atoms with van der Waals surface area (Å²) in [6.45, 7) is 2.16. The number of fused-ring (bicyclic) bond motifs is 2. The smallest absolute Gasteiger partial charge is 0.161 e. The van der Waals surface area contributed by atoms with Crippen molar-refractivity contribution < 1.29 is 9.47 Å². The quantitative estimate of drug-likeness (QED) is 0.804. The third-order valence-electron chi connectivity index (χ3n) is 4.59. The van der Waals surface area contributed by atoms with Gasteiger partial charge in [-0.1, -0.05) is 13.0 Å². The fourth-order valence-corrected chi connectivity index (χ4v) is 3.52. The molecule has 98 valence electrons. The Morgan fingerprint density at radius 2 is 2.06 bits per heavy atom. The molecular formula is C16H22O2. The van der Waals surface area contributed by atoms with Gasteiger partial charge in [-0.2, -0.15) is 0 Å². The molecule has 2 nitrogen and oxygen atoms in total. The Balaban J connectivity index is 1.76. The van der Waals surface area contributed by atoms with Crippen molar-refractivity contribution in [3.63, 3.8) is 0 Å². The van der Waals surface area contributed by atoms with Crippen LogP contribution in [0.5, 0.6) is 11.5 Å². The molecule has 0 aliphatic heterocycles. The van der Waals surface area contributed by atoms with Gasteiger partial charge in [0.05, 0.1) is 7.11 Å². The second kappa shape index (κ2) is 4.83. The van der Waals surface area contributed by atoms with Crippen LogP contribution in [0.2, 0.25) is 0 Å². The summed E-state index contributed by atoms with van der Waals surface area (Å²) in [5, 5.41) is 0. The van der Waals surface area contributed by atoms with E-state index in [2.05, 4.69) is 25.1 Å². The molecule has 3 unspecified atom stereocenters. The van der Waals surface area contributed by atoms with Crippen LogP contribution in [0.15, 0.2) is 18.2 Å². The van der Waals surface area contributed by atoms with Crippen molar-refractivity contribution in [2.75, 3.05) is 7.11 Å². The molecule has 1 aromatic carbocycles. The zero-order chi connectivity index (χ0) is 12.5. The SMILES string of the molecule is CCc1ccc(OC2CC3CCC2C3)c(OC)c1. The molecule has 2 heteroatoms. The molecule has 0 amide bonds. The van der Waals surface area contributed by atoms with Crippen LogP contribution in [0.25, 0.3) is 0 Å². The van der Waals surface area contributed by atoms with Crippen LogP contribution in [0.1, 0.15) is 38.2 Å². The summed E-state index contributed by atoms with van der Waals surface area (Å²) < 4.78 is 11.7. The van der Waals surface area contributed by atoms with E-state index in [1.165, 1.54) is 31.2 Å². The minimum Gasteiger partial charge on any atom is -0.493 e. The first-order valence-corrected chi connectivity index (χ1v) is 7.13. The van der Waals surface area contributed by atoms with Crippen molar-refractivity contribution in [1.82, 2.24) is 0 Å². The highest BCUT2D eigenvalue weighted by atomic mass is 16.5. The minimum absolute atomic E-state index is 0.421. The number of rotatable bonds is 4. The van der Waals surface area contributed by atoms with E-state index in [1.54, 1.807) is 7.11 Å². The van der Waals surface area contributed by atoms with Crippen LogP contribution in [-0.2, 0) is 6.42 Å². The Kier molecular flexibility index (Phi) is 3.19. The average molecular weight is 246 g/mol. The summed E-state index contributed by atoms with van der Waals surface area (Å²) in [6.07, 6.45) is 6.83. The zero-order valence-electron chi connectivity index (χ0n) is 11.3. The maximum Gasteiger partial charge on any atom is 0.161 e. The molecule has 2 aliphatic carbocycles. The molecule has 0 saturated heterocycles. The summed E-state index contributed by atoms with van der Waals surface area (Å²) >= 11 is 0. The summed E-state index contributed by atoms with van der Waals surface area (Å²) in [4.78, 5) is 0. The van der Waals surface area contributed by atoms with E-state index in [0.717, 1.165) is 29.8 Å². The summed E-state index contributed by atoms with van der Waals surface area (Å²) in [5.41, 5.74) is 1.30. The summed E-state index contributed by atoms with van der Waals surface area (Å²) in [6, 6.07) is 6.32. The predicted molar refractivity (Wildman–Crippen MR) is 72.2 cm³/mol. The fourth-order valence-electron chi connectivity index (χ4n) is 3.52. The van der Waals surface area contributed by atoms with Crippen LogP contribution in [0, 0.1) is 11.8 Å². The van der Waals surface area contributed by atoms with E-state index in [1.807, 2.05) is 0 Å². The molecule has 0 aromatic heterocycles. The third-order valence-corrected chi connectivity index (χ3v) is 4.59. The molecule has 0 heterocycles. The Morgan fingerprint density at radius 1 is 1.17 bits per heavy atom. The largest absolute Gasteiger partial charge is 0.493 e. The van der Waals surface area contributed by atoms with E-state index in [0.29, 0.717) is 6.10 Å². The average Bonchev–Trinajstić information content (AvgIpc) is 3.01. The van der Waals surface area contributed by atoms with Crippen LogP contribution in [0.3, 0.4) is 0 Å². The topological polar surface area (TPSA) is 18.5 Å². The van der Waals surface area contributed by atoms with E-state index < -0.39 is 0 Å². The molecule has 0 radical (unpaired) electrons. The molecule has 2 bridgehead atoms. The molecule has 0 spiro atoms. The van der Waals surface area contributed by atoms with E-state index in [4.69, 9.17) is 9.47 Å². The lowest BCUT2D eigenvalue weighted by atomic mass is 9.97. The number of hydrogen-bond acceptors (Lipinski definition) is 2. The standard InChI is InChI=1S/C16H22O2/c1-3-11-5-7-14(16(9-11)17-2)18-15-10-12-4-6-13(15)8-12/h5,7,9,12-13,15H,3-4,6,8,10H2,1-2H3. The Bertz CT molecular complexity index is 427. The molecule has 2 fully saturated rings. The van der Waals surface area contributed by atoms with E-state index >= 15 is 0 Å². The first kappa shape index (κ1) is 11.9. The van der Waals surface area contributed by atoms with E-state index in [9.17, 15) is 0 Å². The lowest BCUT2D eigenvalue weighted by Gasteiger charge is -2.24. The molecule has 1 aromatic rings. The molecule has 3 atom stereocenters. The molecule has 2 saturated carbocycles. The second-order valence-electron chi connectivity index (χ2n) is 5.67. The van der Waals surface area contributed by atoms with Crippen molar-refractivity contribution in [3.05, 3.63) is 23.8 Å². The van der Waals surface area contributed by atoms with Crippen molar-refractivity contribution in [2.45, 2.75) is 45.1 Å². The van der Waals surface area contributed by atoms with Gasteiger partial charge in [0.15, 0.2) is 11.5 Å². The number of hydrogen-bond donors (Lipinski definition) is 0. The molecule has 0 N–H and O–H groups in total. The highest BCUT2D eigenvalue weighted by Gasteiger charge is 2.41.